The van der Waals surface area contributed by atoms with Crippen molar-refractivity contribution in [2.45, 2.75) is 19.4 Å². The minimum Gasteiger partial charge on any atom is -0.366 e. The first-order valence-corrected chi connectivity index (χ1v) is 5.23. The molecule has 0 N–H and O–H groups in total. The third-order valence-corrected chi connectivity index (χ3v) is 2.78. The molecule has 0 spiro atoms. The van der Waals surface area contributed by atoms with Crippen LogP contribution in [0.4, 0.5) is 0 Å². The molecule has 0 bridgehead atoms. The van der Waals surface area contributed by atoms with Crippen molar-refractivity contribution in [2.24, 2.45) is 0 Å². The Morgan fingerprint density at radius 1 is 1.53 bits per heavy atom. The van der Waals surface area contributed by atoms with E-state index < -0.39 is 0 Å². The second kappa shape index (κ2) is 3.87. The molecule has 82 valence electrons. The van der Waals surface area contributed by atoms with E-state index in [4.69, 9.17) is 4.74 Å². The standard InChI is InChI=1S/C11H17N3O/c1-9-12-5-4-10(13-9)11(2)8-14(3)6-7-15-11/h4-5H,6-8H2,1-3H3/t11-/m1/s1. The average Bonchev–Trinajstić information content (AvgIpc) is 2.17. The molecule has 0 amide bonds. The van der Waals surface area contributed by atoms with Gasteiger partial charge in [0.2, 0.25) is 0 Å². The third-order valence-electron chi connectivity index (χ3n) is 2.78. The van der Waals surface area contributed by atoms with E-state index in [1.54, 1.807) is 6.20 Å². The van der Waals surface area contributed by atoms with Crippen molar-refractivity contribution in [2.75, 3.05) is 26.7 Å². The Bertz CT molecular complexity index is 355. The predicted molar refractivity (Wildman–Crippen MR) is 57.6 cm³/mol. The van der Waals surface area contributed by atoms with Gasteiger partial charge in [0.1, 0.15) is 11.4 Å². The normalized spacial score (nSPS) is 27.9. The first-order valence-electron chi connectivity index (χ1n) is 5.23. The molecule has 1 atom stereocenters. The summed E-state index contributed by atoms with van der Waals surface area (Å²) in [4.78, 5) is 10.8. The fourth-order valence-electron chi connectivity index (χ4n) is 1.97. The predicted octanol–water partition coefficient (Wildman–Crippen LogP) is 0.962. The molecule has 2 rings (SSSR count). The van der Waals surface area contributed by atoms with Crippen LogP contribution < -0.4 is 0 Å². The molecule has 1 aromatic rings. The summed E-state index contributed by atoms with van der Waals surface area (Å²) in [6.07, 6.45) is 1.79. The number of aromatic nitrogens is 2. The maximum atomic E-state index is 5.84. The topological polar surface area (TPSA) is 38.2 Å². The second-order valence-corrected chi connectivity index (χ2v) is 4.31. The summed E-state index contributed by atoms with van der Waals surface area (Å²) in [6, 6.07) is 1.94. The van der Waals surface area contributed by atoms with E-state index in [1.165, 1.54) is 0 Å². The first-order chi connectivity index (χ1) is 7.10. The molecule has 0 radical (unpaired) electrons. The smallest absolute Gasteiger partial charge is 0.125 e. The van der Waals surface area contributed by atoms with Gasteiger partial charge in [0, 0.05) is 19.3 Å². The highest BCUT2D eigenvalue weighted by Crippen LogP contribution is 2.26. The number of morpholine rings is 1. The van der Waals surface area contributed by atoms with Crippen molar-refractivity contribution in [3.05, 3.63) is 23.8 Å². The van der Waals surface area contributed by atoms with Gasteiger partial charge in [-0.2, -0.15) is 0 Å². The molecule has 4 nitrogen and oxygen atoms in total. The van der Waals surface area contributed by atoms with Crippen LogP contribution in [0.2, 0.25) is 0 Å². The van der Waals surface area contributed by atoms with Crippen molar-refractivity contribution in [1.82, 2.24) is 14.9 Å². The monoisotopic (exact) mass is 207 g/mol. The number of hydrogen-bond donors (Lipinski definition) is 0. The lowest BCUT2D eigenvalue weighted by Gasteiger charge is -2.38. The van der Waals surface area contributed by atoms with E-state index in [1.807, 2.05) is 13.0 Å². The van der Waals surface area contributed by atoms with E-state index in [0.717, 1.165) is 31.2 Å². The van der Waals surface area contributed by atoms with Crippen LogP contribution in [0.25, 0.3) is 0 Å². The Morgan fingerprint density at radius 2 is 2.33 bits per heavy atom. The zero-order chi connectivity index (χ0) is 10.9. The van der Waals surface area contributed by atoms with Crippen molar-refractivity contribution in [1.29, 1.82) is 0 Å². The van der Waals surface area contributed by atoms with Crippen LogP contribution in [0.1, 0.15) is 18.4 Å². The van der Waals surface area contributed by atoms with Gasteiger partial charge in [0.25, 0.3) is 0 Å². The molecule has 1 saturated heterocycles. The van der Waals surface area contributed by atoms with Gasteiger partial charge in [-0.05, 0) is 27.0 Å². The number of rotatable bonds is 1. The molecule has 1 aromatic heterocycles. The van der Waals surface area contributed by atoms with Crippen LogP contribution in [-0.2, 0) is 10.3 Å². The van der Waals surface area contributed by atoms with E-state index in [-0.39, 0.29) is 5.60 Å². The van der Waals surface area contributed by atoms with E-state index >= 15 is 0 Å². The largest absolute Gasteiger partial charge is 0.366 e. The number of nitrogens with zero attached hydrogens (tertiary/aromatic N) is 3. The quantitative estimate of drug-likeness (QED) is 0.687. The highest BCUT2D eigenvalue weighted by Gasteiger charge is 2.33. The van der Waals surface area contributed by atoms with Gasteiger partial charge in [-0.1, -0.05) is 0 Å². The molecule has 1 aliphatic rings. The maximum Gasteiger partial charge on any atom is 0.125 e. The van der Waals surface area contributed by atoms with Crippen molar-refractivity contribution < 1.29 is 4.74 Å². The molecule has 0 saturated carbocycles. The second-order valence-electron chi connectivity index (χ2n) is 4.31. The van der Waals surface area contributed by atoms with Crippen molar-refractivity contribution in [3.63, 3.8) is 0 Å². The van der Waals surface area contributed by atoms with Gasteiger partial charge in [0.15, 0.2) is 0 Å². The molecule has 0 aromatic carbocycles. The summed E-state index contributed by atoms with van der Waals surface area (Å²) in [7, 11) is 2.11. The highest BCUT2D eigenvalue weighted by molar-refractivity contribution is 5.12. The Labute approximate surface area is 90.3 Å². The minimum absolute atomic E-state index is 0.291. The molecule has 0 aliphatic carbocycles. The summed E-state index contributed by atoms with van der Waals surface area (Å²) < 4.78 is 5.84. The fourth-order valence-corrected chi connectivity index (χ4v) is 1.97. The molecule has 2 heterocycles. The summed E-state index contributed by atoms with van der Waals surface area (Å²) >= 11 is 0. The van der Waals surface area contributed by atoms with Crippen LogP contribution in [0, 0.1) is 6.92 Å². The number of likely N-dealkylation sites (N-methyl/N-ethyl adjacent to an activating group) is 1. The van der Waals surface area contributed by atoms with Gasteiger partial charge in [-0.3, -0.25) is 0 Å². The van der Waals surface area contributed by atoms with Crippen LogP contribution in [0.15, 0.2) is 12.3 Å². The Morgan fingerprint density at radius 3 is 3.00 bits per heavy atom. The highest BCUT2D eigenvalue weighted by atomic mass is 16.5. The zero-order valence-corrected chi connectivity index (χ0v) is 9.53. The average molecular weight is 207 g/mol. The Kier molecular flexibility index (Phi) is 2.71. The third kappa shape index (κ3) is 2.16. The van der Waals surface area contributed by atoms with Crippen molar-refractivity contribution >= 4 is 0 Å². The summed E-state index contributed by atoms with van der Waals surface area (Å²) in [6.45, 7) is 6.61. The first kappa shape index (κ1) is 10.5. The van der Waals surface area contributed by atoms with Crippen LogP contribution in [-0.4, -0.2) is 41.6 Å². The van der Waals surface area contributed by atoms with Gasteiger partial charge < -0.3 is 9.64 Å². The number of hydrogen-bond acceptors (Lipinski definition) is 4. The number of ether oxygens (including phenoxy) is 1. The Hall–Kier alpha value is -1.00. The molecular weight excluding hydrogens is 190 g/mol. The van der Waals surface area contributed by atoms with Gasteiger partial charge in [-0.25, -0.2) is 9.97 Å². The molecule has 1 aliphatic heterocycles. The van der Waals surface area contributed by atoms with E-state index in [0.29, 0.717) is 0 Å². The molecule has 15 heavy (non-hydrogen) atoms. The van der Waals surface area contributed by atoms with Gasteiger partial charge in [0.05, 0.1) is 12.3 Å². The zero-order valence-electron chi connectivity index (χ0n) is 9.53. The molecule has 4 heteroatoms. The summed E-state index contributed by atoms with van der Waals surface area (Å²) in [5.74, 6) is 0.797. The van der Waals surface area contributed by atoms with Gasteiger partial charge in [-0.15, -0.1) is 0 Å². The van der Waals surface area contributed by atoms with Gasteiger partial charge >= 0.3 is 0 Å². The van der Waals surface area contributed by atoms with E-state index in [2.05, 4.69) is 28.8 Å². The maximum absolute atomic E-state index is 5.84. The summed E-state index contributed by atoms with van der Waals surface area (Å²) in [5, 5.41) is 0. The lowest BCUT2D eigenvalue weighted by atomic mass is 9.99. The number of aryl methyl sites for hydroxylation is 1. The molecule has 1 fully saturated rings. The minimum atomic E-state index is -0.291. The SMILES string of the molecule is Cc1nccc([C@@]2(C)CN(C)CCO2)n1. The molecular formula is C11H17N3O. The van der Waals surface area contributed by atoms with Crippen LogP contribution in [0.3, 0.4) is 0 Å². The van der Waals surface area contributed by atoms with E-state index in [9.17, 15) is 0 Å². The fraction of sp³-hybridized carbons (Fsp3) is 0.636. The lowest BCUT2D eigenvalue weighted by molar-refractivity contribution is -0.0989. The van der Waals surface area contributed by atoms with Crippen LogP contribution in [0.5, 0.6) is 0 Å². The van der Waals surface area contributed by atoms with Crippen LogP contribution >= 0.6 is 0 Å². The van der Waals surface area contributed by atoms with Crippen molar-refractivity contribution in [3.8, 4) is 0 Å². The molecule has 0 unspecified atom stereocenters. The Balaban J connectivity index is 2.28. The summed E-state index contributed by atoms with van der Waals surface area (Å²) in [5.41, 5.74) is 0.683. The lowest BCUT2D eigenvalue weighted by Crippen LogP contribution is -2.46.